The van der Waals surface area contributed by atoms with Crippen molar-refractivity contribution in [2.75, 3.05) is 6.61 Å². The van der Waals surface area contributed by atoms with E-state index in [9.17, 15) is 0 Å². The van der Waals surface area contributed by atoms with E-state index in [-0.39, 0.29) is 6.61 Å². The summed E-state index contributed by atoms with van der Waals surface area (Å²) >= 11 is 3.31. The third kappa shape index (κ3) is 2.79. The first-order valence-corrected chi connectivity index (χ1v) is 4.60. The Kier molecular flexibility index (Phi) is 4.02. The summed E-state index contributed by atoms with van der Waals surface area (Å²) in [7, 11) is 0. The van der Waals surface area contributed by atoms with Crippen molar-refractivity contribution in [3.05, 3.63) is 28.2 Å². The average molecular weight is 254 g/mol. The van der Waals surface area contributed by atoms with E-state index in [4.69, 9.17) is 16.4 Å². The molecule has 0 unspecified atom stereocenters. The Bertz CT molecular complexity index is 382. The first kappa shape index (κ1) is 10.6. The molecule has 0 amide bonds. The van der Waals surface area contributed by atoms with Gasteiger partial charge in [0.1, 0.15) is 12.4 Å². The van der Waals surface area contributed by atoms with Gasteiger partial charge in [0.25, 0.3) is 0 Å². The Morgan fingerprint density at radius 3 is 3.00 bits per heavy atom. The predicted octanol–water partition coefficient (Wildman–Crippen LogP) is 2.27. The summed E-state index contributed by atoms with van der Waals surface area (Å²) in [4.78, 5) is 0. The maximum Gasteiger partial charge on any atom is 0.148 e. The highest BCUT2D eigenvalue weighted by molar-refractivity contribution is 9.10. The minimum absolute atomic E-state index is 0.228. The lowest BCUT2D eigenvalue weighted by Crippen LogP contribution is -1.94. The fraction of sp³-hybridized carbons (Fsp3) is 0.100. The number of halogens is 1. The summed E-state index contributed by atoms with van der Waals surface area (Å²) in [5.41, 5.74) is 0.771. The van der Waals surface area contributed by atoms with Crippen LogP contribution in [-0.4, -0.2) is 18.0 Å². The molecule has 0 heterocycles. The molecule has 0 radical (unpaired) electrons. The van der Waals surface area contributed by atoms with Crippen LogP contribution < -0.4 is 4.74 Å². The molecular formula is C10H8BrNO2. The molecule has 14 heavy (non-hydrogen) atoms. The summed E-state index contributed by atoms with van der Waals surface area (Å²) in [5, 5.41) is 11.2. The van der Waals surface area contributed by atoms with Crippen molar-refractivity contribution in [1.29, 1.82) is 0 Å². The summed E-state index contributed by atoms with van der Waals surface area (Å²) in [5.74, 6) is 3.04. The molecule has 3 nitrogen and oxygen atoms in total. The Hall–Kier alpha value is -1.47. The number of terminal acetylenes is 1. The van der Waals surface area contributed by atoms with Crippen LogP contribution in [-0.2, 0) is 0 Å². The number of oxime groups is 1. The molecule has 0 saturated carbocycles. The van der Waals surface area contributed by atoms with Gasteiger partial charge in [-0.15, -0.1) is 6.42 Å². The zero-order valence-electron chi connectivity index (χ0n) is 7.27. The molecule has 0 aromatic heterocycles. The van der Waals surface area contributed by atoms with E-state index in [1.807, 2.05) is 0 Å². The molecule has 72 valence electrons. The maximum absolute atomic E-state index is 8.32. The molecule has 0 saturated heterocycles. The SMILES string of the molecule is C#CCOc1ccc(/C=N\O)cc1Br. The van der Waals surface area contributed by atoms with E-state index in [0.29, 0.717) is 5.75 Å². The normalized spacial score (nSPS) is 10.0. The Labute approximate surface area is 90.5 Å². The average Bonchev–Trinajstić information content (AvgIpc) is 2.17. The van der Waals surface area contributed by atoms with Gasteiger partial charge in [-0.1, -0.05) is 11.1 Å². The number of rotatable bonds is 3. The van der Waals surface area contributed by atoms with Gasteiger partial charge in [-0.05, 0) is 39.7 Å². The van der Waals surface area contributed by atoms with Crippen LogP contribution in [0.5, 0.6) is 5.75 Å². The number of hydrogen-bond donors (Lipinski definition) is 1. The van der Waals surface area contributed by atoms with Gasteiger partial charge in [-0.25, -0.2) is 0 Å². The van der Waals surface area contributed by atoms with Gasteiger partial charge in [0.05, 0.1) is 10.7 Å². The van der Waals surface area contributed by atoms with Crippen molar-refractivity contribution in [2.45, 2.75) is 0 Å². The van der Waals surface area contributed by atoms with Crippen LogP contribution in [0.4, 0.5) is 0 Å². The largest absolute Gasteiger partial charge is 0.480 e. The molecule has 1 aromatic rings. The second-order valence-corrected chi connectivity index (χ2v) is 3.28. The summed E-state index contributed by atoms with van der Waals surface area (Å²) in [6.07, 6.45) is 6.39. The van der Waals surface area contributed by atoms with Gasteiger partial charge in [0.2, 0.25) is 0 Å². The van der Waals surface area contributed by atoms with Crippen molar-refractivity contribution in [3.63, 3.8) is 0 Å². The van der Waals surface area contributed by atoms with Crippen LogP contribution >= 0.6 is 15.9 Å². The summed E-state index contributed by atoms with van der Waals surface area (Å²) < 4.78 is 6.00. The lowest BCUT2D eigenvalue weighted by atomic mass is 10.2. The monoisotopic (exact) mass is 253 g/mol. The molecule has 0 aliphatic carbocycles. The van der Waals surface area contributed by atoms with Crippen LogP contribution in [0.1, 0.15) is 5.56 Å². The number of nitrogens with zero attached hydrogens (tertiary/aromatic N) is 1. The van der Waals surface area contributed by atoms with Crippen molar-refractivity contribution in [2.24, 2.45) is 5.16 Å². The quantitative estimate of drug-likeness (QED) is 0.389. The second-order valence-electron chi connectivity index (χ2n) is 2.43. The molecule has 4 heteroatoms. The number of benzene rings is 1. The Morgan fingerprint density at radius 2 is 2.43 bits per heavy atom. The highest BCUT2D eigenvalue weighted by Crippen LogP contribution is 2.25. The lowest BCUT2D eigenvalue weighted by molar-refractivity contribution is 0.322. The molecule has 0 atom stereocenters. The van der Waals surface area contributed by atoms with E-state index in [2.05, 4.69) is 27.0 Å². The highest BCUT2D eigenvalue weighted by atomic mass is 79.9. The predicted molar refractivity (Wildman–Crippen MR) is 57.9 cm³/mol. The zero-order valence-corrected chi connectivity index (χ0v) is 8.86. The third-order valence-electron chi connectivity index (χ3n) is 1.47. The standard InChI is InChI=1S/C10H8BrNO2/c1-2-5-14-10-4-3-8(7-12-13)6-9(10)11/h1,3-4,6-7,13H,5H2/b12-7-. The van der Waals surface area contributed by atoms with E-state index >= 15 is 0 Å². The molecule has 0 spiro atoms. The van der Waals surface area contributed by atoms with E-state index in [0.717, 1.165) is 10.0 Å². The van der Waals surface area contributed by atoms with Crippen LogP contribution in [0.3, 0.4) is 0 Å². The number of ether oxygens (including phenoxy) is 1. The van der Waals surface area contributed by atoms with Crippen LogP contribution in [0.15, 0.2) is 27.8 Å². The minimum Gasteiger partial charge on any atom is -0.480 e. The Morgan fingerprint density at radius 1 is 1.64 bits per heavy atom. The molecule has 0 bridgehead atoms. The molecular weight excluding hydrogens is 246 g/mol. The van der Waals surface area contributed by atoms with Gasteiger partial charge < -0.3 is 9.94 Å². The van der Waals surface area contributed by atoms with Crippen molar-refractivity contribution >= 4 is 22.1 Å². The Balaban J connectivity index is 2.85. The molecule has 1 N–H and O–H groups in total. The van der Waals surface area contributed by atoms with E-state index in [1.54, 1.807) is 18.2 Å². The first-order chi connectivity index (χ1) is 6.77. The minimum atomic E-state index is 0.228. The first-order valence-electron chi connectivity index (χ1n) is 3.81. The molecule has 0 aliphatic rings. The fourth-order valence-electron chi connectivity index (χ4n) is 0.901. The fourth-order valence-corrected chi connectivity index (χ4v) is 1.41. The van der Waals surface area contributed by atoms with Gasteiger partial charge in [0.15, 0.2) is 0 Å². The van der Waals surface area contributed by atoms with Crippen molar-refractivity contribution in [1.82, 2.24) is 0 Å². The van der Waals surface area contributed by atoms with Crippen molar-refractivity contribution < 1.29 is 9.94 Å². The maximum atomic E-state index is 8.32. The smallest absolute Gasteiger partial charge is 0.148 e. The van der Waals surface area contributed by atoms with Crippen LogP contribution in [0.25, 0.3) is 0 Å². The molecule has 1 aromatic carbocycles. The van der Waals surface area contributed by atoms with E-state index in [1.165, 1.54) is 6.21 Å². The van der Waals surface area contributed by atoms with Gasteiger partial charge in [-0.2, -0.15) is 0 Å². The highest BCUT2D eigenvalue weighted by Gasteiger charge is 2.00. The summed E-state index contributed by atoms with van der Waals surface area (Å²) in [6, 6.07) is 5.28. The molecule has 0 fully saturated rings. The van der Waals surface area contributed by atoms with Gasteiger partial charge in [0, 0.05) is 0 Å². The van der Waals surface area contributed by atoms with Gasteiger partial charge >= 0.3 is 0 Å². The molecule has 0 aliphatic heterocycles. The molecule has 1 rings (SSSR count). The zero-order chi connectivity index (χ0) is 10.4. The van der Waals surface area contributed by atoms with E-state index < -0.39 is 0 Å². The topological polar surface area (TPSA) is 41.8 Å². The van der Waals surface area contributed by atoms with Crippen LogP contribution in [0, 0.1) is 12.3 Å². The number of hydrogen-bond acceptors (Lipinski definition) is 3. The van der Waals surface area contributed by atoms with Gasteiger partial charge in [-0.3, -0.25) is 0 Å². The lowest BCUT2D eigenvalue weighted by Gasteiger charge is -2.04. The van der Waals surface area contributed by atoms with Crippen molar-refractivity contribution in [3.8, 4) is 18.1 Å². The third-order valence-corrected chi connectivity index (χ3v) is 2.09. The second kappa shape index (κ2) is 5.30. The summed E-state index contributed by atoms with van der Waals surface area (Å²) in [6.45, 7) is 0.228. The van der Waals surface area contributed by atoms with Crippen LogP contribution in [0.2, 0.25) is 0 Å².